The van der Waals surface area contributed by atoms with E-state index in [0.717, 1.165) is 18.7 Å². The van der Waals surface area contributed by atoms with Gasteiger partial charge in [0.05, 0.1) is 11.4 Å². The van der Waals surface area contributed by atoms with Gasteiger partial charge in [-0.1, -0.05) is 18.5 Å². The molecule has 0 bridgehead atoms. The van der Waals surface area contributed by atoms with Crippen LogP contribution in [0.5, 0.6) is 0 Å². The van der Waals surface area contributed by atoms with Crippen LogP contribution in [0.3, 0.4) is 0 Å². The van der Waals surface area contributed by atoms with Gasteiger partial charge in [0, 0.05) is 5.02 Å². The van der Waals surface area contributed by atoms with Crippen LogP contribution in [0.25, 0.3) is 0 Å². The molecule has 102 valence electrons. The van der Waals surface area contributed by atoms with Crippen molar-refractivity contribution >= 4 is 27.3 Å². The van der Waals surface area contributed by atoms with E-state index in [0.29, 0.717) is 13.0 Å². The van der Waals surface area contributed by atoms with Gasteiger partial charge in [0.25, 0.3) is 0 Å². The first kappa shape index (κ1) is 15.2. The summed E-state index contributed by atoms with van der Waals surface area (Å²) in [4.78, 5) is 0. The highest BCUT2D eigenvalue weighted by Crippen LogP contribution is 2.19. The van der Waals surface area contributed by atoms with Gasteiger partial charge in [-0.3, -0.25) is 4.72 Å². The third-order valence-electron chi connectivity index (χ3n) is 2.15. The second-order valence-electron chi connectivity index (χ2n) is 3.79. The lowest BCUT2D eigenvalue weighted by molar-refractivity contribution is 0.595. The van der Waals surface area contributed by atoms with Crippen molar-refractivity contribution in [1.82, 2.24) is 5.32 Å². The molecule has 4 nitrogen and oxygen atoms in total. The smallest absolute Gasteiger partial charge is 0.232 e. The van der Waals surface area contributed by atoms with Crippen LogP contribution in [-0.2, 0) is 10.0 Å². The molecule has 0 aliphatic carbocycles. The fraction of sp³-hybridized carbons (Fsp3) is 0.455. The summed E-state index contributed by atoms with van der Waals surface area (Å²) in [7, 11) is -3.46. The van der Waals surface area contributed by atoms with Crippen LogP contribution in [0.2, 0.25) is 5.02 Å². The zero-order chi connectivity index (χ0) is 13.6. The van der Waals surface area contributed by atoms with E-state index in [1.54, 1.807) is 0 Å². The SMILES string of the molecule is CCNCCCS(=O)(=O)Nc1cc(F)cc(Cl)c1. The van der Waals surface area contributed by atoms with Crippen LogP contribution < -0.4 is 10.0 Å². The number of sulfonamides is 1. The van der Waals surface area contributed by atoms with E-state index in [1.807, 2.05) is 6.92 Å². The molecule has 0 aromatic heterocycles. The molecule has 0 heterocycles. The topological polar surface area (TPSA) is 58.2 Å². The maximum absolute atomic E-state index is 13.0. The molecule has 0 radical (unpaired) electrons. The van der Waals surface area contributed by atoms with Crippen LogP contribution in [-0.4, -0.2) is 27.3 Å². The molecule has 1 rings (SSSR count). The number of nitrogens with one attached hydrogen (secondary N) is 2. The summed E-state index contributed by atoms with van der Waals surface area (Å²) < 4.78 is 38.7. The summed E-state index contributed by atoms with van der Waals surface area (Å²) in [6.45, 7) is 3.37. The number of halogens is 2. The van der Waals surface area contributed by atoms with Gasteiger partial charge in [0.2, 0.25) is 10.0 Å². The number of hydrogen-bond donors (Lipinski definition) is 2. The van der Waals surface area contributed by atoms with E-state index in [2.05, 4.69) is 10.0 Å². The second-order valence-corrected chi connectivity index (χ2v) is 6.06. The van der Waals surface area contributed by atoms with E-state index in [4.69, 9.17) is 11.6 Å². The normalized spacial score (nSPS) is 11.5. The Morgan fingerprint density at radius 2 is 2.06 bits per heavy atom. The molecule has 1 aromatic carbocycles. The van der Waals surface area contributed by atoms with E-state index in [1.165, 1.54) is 6.07 Å². The van der Waals surface area contributed by atoms with Crippen LogP contribution in [0, 0.1) is 5.82 Å². The zero-order valence-electron chi connectivity index (χ0n) is 10.0. The lowest BCUT2D eigenvalue weighted by Gasteiger charge is -2.08. The standard InChI is InChI=1S/C11H16ClFN2O2S/c1-2-14-4-3-5-18(16,17)15-11-7-9(12)6-10(13)8-11/h6-8,14-15H,2-5H2,1H3. The van der Waals surface area contributed by atoms with Crippen molar-refractivity contribution in [2.45, 2.75) is 13.3 Å². The molecule has 7 heteroatoms. The summed E-state index contributed by atoms with van der Waals surface area (Å²) >= 11 is 5.64. The third kappa shape index (κ3) is 5.66. The first-order chi connectivity index (χ1) is 8.43. The average Bonchev–Trinajstić information content (AvgIpc) is 2.22. The molecule has 0 aliphatic rings. The minimum atomic E-state index is -3.46. The average molecular weight is 295 g/mol. The second kappa shape index (κ2) is 6.92. The summed E-state index contributed by atoms with van der Waals surface area (Å²) in [6, 6.07) is 3.57. The summed E-state index contributed by atoms with van der Waals surface area (Å²) in [5.74, 6) is -0.596. The van der Waals surface area contributed by atoms with Gasteiger partial charge in [0.1, 0.15) is 5.82 Å². The maximum atomic E-state index is 13.0. The van der Waals surface area contributed by atoms with Gasteiger partial charge in [-0.25, -0.2) is 12.8 Å². The van der Waals surface area contributed by atoms with E-state index in [-0.39, 0.29) is 16.5 Å². The molecule has 0 atom stereocenters. The highest BCUT2D eigenvalue weighted by molar-refractivity contribution is 7.92. The first-order valence-electron chi connectivity index (χ1n) is 5.60. The van der Waals surface area contributed by atoms with Crippen molar-refractivity contribution in [2.24, 2.45) is 0 Å². The van der Waals surface area contributed by atoms with Gasteiger partial charge >= 0.3 is 0 Å². The quantitative estimate of drug-likeness (QED) is 0.758. The van der Waals surface area contributed by atoms with Crippen molar-refractivity contribution in [3.63, 3.8) is 0 Å². The van der Waals surface area contributed by atoms with Crippen LogP contribution in [0.4, 0.5) is 10.1 Å². The molecule has 2 N–H and O–H groups in total. The van der Waals surface area contributed by atoms with Crippen molar-refractivity contribution in [1.29, 1.82) is 0 Å². The van der Waals surface area contributed by atoms with E-state index >= 15 is 0 Å². The highest BCUT2D eigenvalue weighted by Gasteiger charge is 2.11. The summed E-state index contributed by atoms with van der Waals surface area (Å²) in [5, 5.41) is 3.18. The van der Waals surface area contributed by atoms with Crippen LogP contribution in [0.15, 0.2) is 18.2 Å². The molecular formula is C11H16ClFN2O2S. The first-order valence-corrected chi connectivity index (χ1v) is 7.63. The Morgan fingerprint density at radius 3 is 2.67 bits per heavy atom. The van der Waals surface area contributed by atoms with Crippen LogP contribution in [0.1, 0.15) is 13.3 Å². The number of benzene rings is 1. The predicted molar refractivity (Wildman–Crippen MR) is 72.0 cm³/mol. The molecule has 0 aliphatic heterocycles. The van der Waals surface area contributed by atoms with Crippen LogP contribution >= 0.6 is 11.6 Å². The van der Waals surface area contributed by atoms with Gasteiger partial charge in [-0.2, -0.15) is 0 Å². The fourth-order valence-electron chi connectivity index (χ4n) is 1.41. The monoisotopic (exact) mass is 294 g/mol. The highest BCUT2D eigenvalue weighted by atomic mass is 35.5. The van der Waals surface area contributed by atoms with Gasteiger partial charge in [-0.05, 0) is 37.7 Å². The Balaban J connectivity index is 2.59. The Kier molecular flexibility index (Phi) is 5.84. The lowest BCUT2D eigenvalue weighted by atomic mass is 10.3. The van der Waals surface area contributed by atoms with E-state index in [9.17, 15) is 12.8 Å². The molecule has 0 spiro atoms. The molecule has 0 fully saturated rings. The fourth-order valence-corrected chi connectivity index (χ4v) is 2.73. The summed E-state index contributed by atoms with van der Waals surface area (Å²) in [6.07, 6.45) is 0.492. The van der Waals surface area contributed by atoms with E-state index < -0.39 is 15.8 Å². The predicted octanol–water partition coefficient (Wildman–Crippen LogP) is 2.22. The van der Waals surface area contributed by atoms with Crippen molar-refractivity contribution in [3.05, 3.63) is 29.0 Å². The molecule has 18 heavy (non-hydrogen) atoms. The Morgan fingerprint density at radius 1 is 1.33 bits per heavy atom. The van der Waals surface area contributed by atoms with Gasteiger partial charge < -0.3 is 5.32 Å². The number of anilines is 1. The zero-order valence-corrected chi connectivity index (χ0v) is 11.6. The Bertz CT molecular complexity index is 474. The van der Waals surface area contributed by atoms with Gasteiger partial charge in [-0.15, -0.1) is 0 Å². The lowest BCUT2D eigenvalue weighted by Crippen LogP contribution is -2.21. The van der Waals surface area contributed by atoms with Crippen molar-refractivity contribution in [3.8, 4) is 0 Å². The summed E-state index contributed by atoms with van der Waals surface area (Å²) in [5.41, 5.74) is 0.142. The molecule has 0 unspecified atom stereocenters. The largest absolute Gasteiger partial charge is 0.317 e. The molecule has 0 amide bonds. The molecule has 0 saturated heterocycles. The molecular weight excluding hydrogens is 279 g/mol. The Labute approximate surface area is 112 Å². The van der Waals surface area contributed by atoms with Crippen molar-refractivity contribution < 1.29 is 12.8 Å². The maximum Gasteiger partial charge on any atom is 0.232 e. The minimum Gasteiger partial charge on any atom is -0.317 e. The minimum absolute atomic E-state index is 0.0197. The molecule has 0 saturated carbocycles. The number of hydrogen-bond acceptors (Lipinski definition) is 3. The molecule has 1 aromatic rings. The Hall–Kier alpha value is -0.850. The third-order valence-corrected chi connectivity index (χ3v) is 3.74. The van der Waals surface area contributed by atoms with Gasteiger partial charge in [0.15, 0.2) is 0 Å². The number of rotatable bonds is 7. The van der Waals surface area contributed by atoms with Crippen molar-refractivity contribution in [2.75, 3.05) is 23.6 Å².